The minimum absolute atomic E-state index is 0.565. The summed E-state index contributed by atoms with van der Waals surface area (Å²) in [6.45, 7) is 5.75. The minimum atomic E-state index is 0.565. The van der Waals surface area contributed by atoms with Crippen molar-refractivity contribution in [3.8, 4) is 0 Å². The molecule has 0 spiro atoms. The number of hydrogen-bond donors (Lipinski definition) is 2. The smallest absolute Gasteiger partial charge is 0.0573 e. The zero-order valence-electron chi connectivity index (χ0n) is 14.8. The van der Waals surface area contributed by atoms with Crippen LogP contribution in [0.15, 0.2) is 0 Å². The normalized spacial score (nSPS) is 17.4. The zero-order chi connectivity index (χ0) is 15.2. The van der Waals surface area contributed by atoms with Crippen LogP contribution in [0, 0.1) is 0 Å². The first-order valence-corrected chi connectivity index (χ1v) is 9.86. The molecule has 0 heterocycles. The molecule has 1 aliphatic rings. The molecule has 1 unspecified atom stereocenters. The first-order valence-electron chi connectivity index (χ1n) is 9.86. The fourth-order valence-electron chi connectivity index (χ4n) is 3.38. The Hall–Kier alpha value is -0.0800. The van der Waals surface area contributed by atoms with E-state index < -0.39 is 0 Å². The topological polar surface area (TPSA) is 24.1 Å². The van der Waals surface area contributed by atoms with Crippen LogP contribution >= 0.6 is 0 Å². The van der Waals surface area contributed by atoms with Gasteiger partial charge in [0.25, 0.3) is 0 Å². The van der Waals surface area contributed by atoms with Gasteiger partial charge in [-0.25, -0.2) is 0 Å². The van der Waals surface area contributed by atoms with E-state index in [4.69, 9.17) is 0 Å². The predicted octanol–water partition coefficient (Wildman–Crippen LogP) is 5.38. The van der Waals surface area contributed by atoms with Gasteiger partial charge in [0.1, 0.15) is 0 Å². The van der Waals surface area contributed by atoms with Gasteiger partial charge in [0.2, 0.25) is 0 Å². The molecule has 0 aromatic rings. The first kappa shape index (κ1) is 19.0. The Morgan fingerprint density at radius 1 is 0.810 bits per heavy atom. The standard InChI is InChI=1S/C19H40N2/c1-3-5-7-8-9-10-11-16-19(20-17-6-4-2)21-18-14-12-13-15-18/h18-21H,3-17H2,1-2H3. The van der Waals surface area contributed by atoms with Crippen LogP contribution in [0.2, 0.25) is 0 Å². The highest BCUT2D eigenvalue weighted by molar-refractivity contribution is 4.77. The van der Waals surface area contributed by atoms with Crippen molar-refractivity contribution in [3.05, 3.63) is 0 Å². The van der Waals surface area contributed by atoms with Crippen molar-refractivity contribution in [1.82, 2.24) is 10.6 Å². The van der Waals surface area contributed by atoms with Crippen LogP contribution in [0.25, 0.3) is 0 Å². The summed E-state index contributed by atoms with van der Waals surface area (Å²) in [5, 5.41) is 7.62. The SMILES string of the molecule is CCCCCCCCCC(NCCCC)NC1CCCC1. The molecule has 1 atom stereocenters. The van der Waals surface area contributed by atoms with Crippen LogP contribution in [0.1, 0.15) is 104 Å². The van der Waals surface area contributed by atoms with Crippen molar-refractivity contribution in [2.45, 2.75) is 116 Å². The van der Waals surface area contributed by atoms with Crippen molar-refractivity contribution < 1.29 is 0 Å². The number of hydrogen-bond acceptors (Lipinski definition) is 2. The number of rotatable bonds is 14. The Morgan fingerprint density at radius 3 is 2.10 bits per heavy atom. The van der Waals surface area contributed by atoms with Gasteiger partial charge in [-0.3, -0.25) is 5.32 Å². The molecule has 1 fully saturated rings. The molecule has 2 N–H and O–H groups in total. The van der Waals surface area contributed by atoms with Crippen molar-refractivity contribution in [2.24, 2.45) is 0 Å². The summed E-state index contributed by atoms with van der Waals surface area (Å²) in [7, 11) is 0. The van der Waals surface area contributed by atoms with Gasteiger partial charge in [0.05, 0.1) is 6.17 Å². The van der Waals surface area contributed by atoms with Gasteiger partial charge < -0.3 is 5.32 Å². The van der Waals surface area contributed by atoms with E-state index in [1.807, 2.05) is 0 Å². The summed E-state index contributed by atoms with van der Waals surface area (Å²) in [5.74, 6) is 0. The molecule has 0 bridgehead atoms. The van der Waals surface area contributed by atoms with Crippen LogP contribution < -0.4 is 10.6 Å². The van der Waals surface area contributed by atoms with Gasteiger partial charge in [0.15, 0.2) is 0 Å². The lowest BCUT2D eigenvalue weighted by atomic mass is 10.1. The summed E-state index contributed by atoms with van der Waals surface area (Å²) in [6, 6.07) is 0.786. The Kier molecular flexibility index (Phi) is 12.3. The average Bonchev–Trinajstić information content (AvgIpc) is 2.99. The molecule has 0 aromatic carbocycles. The quantitative estimate of drug-likeness (QED) is 0.332. The van der Waals surface area contributed by atoms with Crippen LogP contribution in [0.4, 0.5) is 0 Å². The van der Waals surface area contributed by atoms with Crippen LogP contribution in [0.5, 0.6) is 0 Å². The molecule has 0 aliphatic heterocycles. The second-order valence-electron chi connectivity index (χ2n) is 6.92. The Labute approximate surface area is 133 Å². The maximum atomic E-state index is 3.87. The molecule has 21 heavy (non-hydrogen) atoms. The van der Waals surface area contributed by atoms with E-state index >= 15 is 0 Å². The lowest BCUT2D eigenvalue weighted by Gasteiger charge is -2.24. The molecule has 1 saturated carbocycles. The van der Waals surface area contributed by atoms with Gasteiger partial charge >= 0.3 is 0 Å². The third-order valence-corrected chi connectivity index (χ3v) is 4.81. The third kappa shape index (κ3) is 10.3. The highest BCUT2D eigenvalue weighted by Crippen LogP contribution is 2.19. The molecular formula is C19H40N2. The summed E-state index contributed by atoms with van der Waals surface area (Å²) in [5.41, 5.74) is 0. The fraction of sp³-hybridized carbons (Fsp3) is 1.00. The lowest BCUT2D eigenvalue weighted by Crippen LogP contribution is -2.46. The number of unbranched alkanes of at least 4 members (excludes halogenated alkanes) is 7. The van der Waals surface area contributed by atoms with E-state index in [1.165, 1.54) is 96.4 Å². The second kappa shape index (κ2) is 13.6. The minimum Gasteiger partial charge on any atom is -0.302 e. The van der Waals surface area contributed by atoms with Crippen LogP contribution in [-0.2, 0) is 0 Å². The third-order valence-electron chi connectivity index (χ3n) is 4.81. The molecule has 126 valence electrons. The highest BCUT2D eigenvalue weighted by Gasteiger charge is 2.18. The summed E-state index contributed by atoms with van der Waals surface area (Å²) in [6.07, 6.45) is 20.0. The highest BCUT2D eigenvalue weighted by atomic mass is 15.1. The molecule has 1 rings (SSSR count). The molecule has 2 nitrogen and oxygen atoms in total. The van der Waals surface area contributed by atoms with Crippen LogP contribution in [0.3, 0.4) is 0 Å². The van der Waals surface area contributed by atoms with E-state index in [9.17, 15) is 0 Å². The van der Waals surface area contributed by atoms with Crippen LogP contribution in [-0.4, -0.2) is 18.8 Å². The Balaban J connectivity index is 2.08. The molecule has 1 aliphatic carbocycles. The van der Waals surface area contributed by atoms with Crippen molar-refractivity contribution >= 4 is 0 Å². The van der Waals surface area contributed by atoms with E-state index in [0.717, 1.165) is 6.04 Å². The first-order chi connectivity index (χ1) is 10.4. The largest absolute Gasteiger partial charge is 0.302 e. The van der Waals surface area contributed by atoms with Crippen molar-refractivity contribution in [1.29, 1.82) is 0 Å². The van der Waals surface area contributed by atoms with Gasteiger partial charge in [0, 0.05) is 6.04 Å². The summed E-state index contributed by atoms with van der Waals surface area (Å²) in [4.78, 5) is 0. The fourth-order valence-corrected chi connectivity index (χ4v) is 3.38. The zero-order valence-corrected chi connectivity index (χ0v) is 14.8. The van der Waals surface area contributed by atoms with E-state index in [-0.39, 0.29) is 0 Å². The molecule has 0 saturated heterocycles. The maximum absolute atomic E-state index is 3.87. The van der Waals surface area contributed by atoms with Crippen molar-refractivity contribution in [3.63, 3.8) is 0 Å². The number of nitrogens with one attached hydrogen (secondary N) is 2. The molecule has 0 radical (unpaired) electrons. The second-order valence-corrected chi connectivity index (χ2v) is 6.92. The monoisotopic (exact) mass is 296 g/mol. The van der Waals surface area contributed by atoms with Crippen molar-refractivity contribution in [2.75, 3.05) is 6.54 Å². The lowest BCUT2D eigenvalue weighted by molar-refractivity contribution is 0.341. The average molecular weight is 297 g/mol. The molecule has 0 amide bonds. The maximum Gasteiger partial charge on any atom is 0.0573 e. The summed E-state index contributed by atoms with van der Waals surface area (Å²) >= 11 is 0. The van der Waals surface area contributed by atoms with Gasteiger partial charge in [-0.1, -0.05) is 78.1 Å². The summed E-state index contributed by atoms with van der Waals surface area (Å²) < 4.78 is 0. The predicted molar refractivity (Wildman–Crippen MR) is 94.7 cm³/mol. The Bertz CT molecular complexity index is 212. The van der Waals surface area contributed by atoms with E-state index in [1.54, 1.807) is 0 Å². The van der Waals surface area contributed by atoms with Gasteiger partial charge in [-0.2, -0.15) is 0 Å². The van der Waals surface area contributed by atoms with E-state index in [0.29, 0.717) is 6.17 Å². The molecule has 2 heteroatoms. The Morgan fingerprint density at radius 2 is 1.43 bits per heavy atom. The molecular weight excluding hydrogens is 256 g/mol. The van der Waals surface area contributed by atoms with Gasteiger partial charge in [-0.05, 0) is 32.2 Å². The van der Waals surface area contributed by atoms with E-state index in [2.05, 4.69) is 24.5 Å². The molecule has 0 aromatic heterocycles. The van der Waals surface area contributed by atoms with Gasteiger partial charge in [-0.15, -0.1) is 0 Å².